The van der Waals surface area contributed by atoms with Crippen LogP contribution in [0.25, 0.3) is 5.65 Å². The summed E-state index contributed by atoms with van der Waals surface area (Å²) in [5.41, 5.74) is 1.84. The van der Waals surface area contributed by atoms with Crippen molar-refractivity contribution in [1.82, 2.24) is 14.7 Å². The number of aromatic nitrogens is 2. The van der Waals surface area contributed by atoms with Crippen molar-refractivity contribution in [2.45, 2.75) is 19.4 Å². The van der Waals surface area contributed by atoms with Crippen LogP contribution in [0.5, 0.6) is 0 Å². The van der Waals surface area contributed by atoms with Crippen LogP contribution in [0.15, 0.2) is 59.7 Å². The molecule has 1 aliphatic heterocycles. The number of carbonyl (C=O) groups is 2. The number of benzene rings is 1. The predicted octanol–water partition coefficient (Wildman–Crippen LogP) is 1.75. The van der Waals surface area contributed by atoms with Gasteiger partial charge in [0.05, 0.1) is 0 Å². The van der Waals surface area contributed by atoms with E-state index in [1.165, 1.54) is 10.6 Å². The molecule has 27 heavy (non-hydrogen) atoms. The van der Waals surface area contributed by atoms with Crippen molar-refractivity contribution in [3.63, 3.8) is 0 Å². The molecule has 136 valence electrons. The van der Waals surface area contributed by atoms with Crippen LogP contribution in [0.4, 0.5) is 5.69 Å². The van der Waals surface area contributed by atoms with Crippen LogP contribution in [0, 0.1) is 0 Å². The maximum atomic E-state index is 12.4. The van der Waals surface area contributed by atoms with Gasteiger partial charge in [-0.1, -0.05) is 18.2 Å². The smallest absolute Gasteiger partial charge is 0.270 e. The number of fused-ring (bicyclic) bond motifs is 1. The third-order valence-electron chi connectivity index (χ3n) is 4.63. The molecule has 0 saturated carbocycles. The van der Waals surface area contributed by atoms with E-state index in [2.05, 4.69) is 10.3 Å². The lowest BCUT2D eigenvalue weighted by atomic mass is 10.2. The molecule has 0 aliphatic carbocycles. The molecule has 0 bridgehead atoms. The molecule has 3 heterocycles. The molecule has 2 amide bonds. The maximum Gasteiger partial charge on any atom is 0.270 e. The minimum Gasteiger partial charge on any atom is -0.348 e. The number of nitrogens with zero attached hydrogens (tertiary/aromatic N) is 3. The standard InChI is InChI=1S/C20H18N4O3/c25-18-5-3-11-23(18)15-8-6-14(7-9-15)12-22-19(26)16-13-21-17-4-1-2-10-24(17)20(16)27/h1-2,4,6-10,13H,3,5,11-12H2,(H,22,26). The molecule has 0 unspecified atom stereocenters. The van der Waals surface area contributed by atoms with E-state index in [4.69, 9.17) is 0 Å². The maximum absolute atomic E-state index is 12.4. The van der Waals surface area contributed by atoms with Gasteiger partial charge in [0.15, 0.2) is 0 Å². The fourth-order valence-electron chi connectivity index (χ4n) is 3.17. The monoisotopic (exact) mass is 362 g/mol. The van der Waals surface area contributed by atoms with Gasteiger partial charge in [-0.3, -0.25) is 18.8 Å². The number of nitrogens with one attached hydrogen (secondary N) is 1. The third kappa shape index (κ3) is 3.31. The second kappa shape index (κ2) is 7.03. The average molecular weight is 362 g/mol. The zero-order valence-electron chi connectivity index (χ0n) is 14.6. The van der Waals surface area contributed by atoms with Crippen LogP contribution in [0.2, 0.25) is 0 Å². The van der Waals surface area contributed by atoms with Crippen LogP contribution >= 0.6 is 0 Å². The first-order valence-electron chi connectivity index (χ1n) is 8.77. The van der Waals surface area contributed by atoms with Gasteiger partial charge in [-0.25, -0.2) is 4.98 Å². The Kier molecular flexibility index (Phi) is 4.42. The summed E-state index contributed by atoms with van der Waals surface area (Å²) in [7, 11) is 0. The summed E-state index contributed by atoms with van der Waals surface area (Å²) in [6.45, 7) is 1.03. The van der Waals surface area contributed by atoms with Gasteiger partial charge in [0.1, 0.15) is 11.2 Å². The van der Waals surface area contributed by atoms with Gasteiger partial charge >= 0.3 is 0 Å². The van der Waals surface area contributed by atoms with Crippen LogP contribution in [-0.4, -0.2) is 27.7 Å². The Morgan fingerprint density at radius 2 is 1.93 bits per heavy atom. The number of rotatable bonds is 4. The predicted molar refractivity (Wildman–Crippen MR) is 101 cm³/mol. The molecule has 1 fully saturated rings. The minimum absolute atomic E-state index is 0.00187. The zero-order chi connectivity index (χ0) is 18.8. The van der Waals surface area contributed by atoms with Crippen molar-refractivity contribution in [3.05, 3.63) is 76.3 Å². The van der Waals surface area contributed by atoms with Crippen molar-refractivity contribution in [2.24, 2.45) is 0 Å². The second-order valence-electron chi connectivity index (χ2n) is 6.40. The van der Waals surface area contributed by atoms with E-state index in [1.807, 2.05) is 24.3 Å². The fraction of sp³-hybridized carbons (Fsp3) is 0.200. The summed E-state index contributed by atoms with van der Waals surface area (Å²) >= 11 is 0. The molecule has 2 aromatic heterocycles. The SMILES string of the molecule is O=C(NCc1ccc(N2CCCC2=O)cc1)c1cnc2ccccn2c1=O. The van der Waals surface area contributed by atoms with Crippen LogP contribution in [-0.2, 0) is 11.3 Å². The quantitative estimate of drug-likeness (QED) is 0.766. The van der Waals surface area contributed by atoms with Crippen LogP contribution in [0.3, 0.4) is 0 Å². The van der Waals surface area contributed by atoms with E-state index < -0.39 is 11.5 Å². The van der Waals surface area contributed by atoms with Crippen LogP contribution < -0.4 is 15.8 Å². The van der Waals surface area contributed by atoms with Gasteiger partial charge in [-0.15, -0.1) is 0 Å². The number of anilines is 1. The summed E-state index contributed by atoms with van der Waals surface area (Å²) in [5, 5.41) is 2.75. The van der Waals surface area contributed by atoms with E-state index in [0.717, 1.165) is 24.2 Å². The van der Waals surface area contributed by atoms with E-state index in [0.29, 0.717) is 12.1 Å². The van der Waals surface area contributed by atoms with E-state index in [9.17, 15) is 14.4 Å². The van der Waals surface area contributed by atoms with Gasteiger partial charge in [-0.2, -0.15) is 0 Å². The highest BCUT2D eigenvalue weighted by Crippen LogP contribution is 2.21. The topological polar surface area (TPSA) is 83.8 Å². The third-order valence-corrected chi connectivity index (χ3v) is 4.63. The fourth-order valence-corrected chi connectivity index (χ4v) is 3.17. The molecule has 3 aromatic rings. The number of hydrogen-bond acceptors (Lipinski definition) is 4. The Bertz CT molecular complexity index is 1070. The Hall–Kier alpha value is -3.48. The number of carbonyl (C=O) groups excluding carboxylic acids is 2. The molecule has 1 saturated heterocycles. The molecule has 4 rings (SSSR count). The lowest BCUT2D eigenvalue weighted by molar-refractivity contribution is -0.117. The Balaban J connectivity index is 1.46. The highest BCUT2D eigenvalue weighted by Gasteiger charge is 2.21. The molecule has 7 nitrogen and oxygen atoms in total. The first-order chi connectivity index (χ1) is 13.1. The van der Waals surface area contributed by atoms with Crippen molar-refractivity contribution in [1.29, 1.82) is 0 Å². The lowest BCUT2D eigenvalue weighted by Crippen LogP contribution is -2.31. The normalized spacial score (nSPS) is 13.9. The molecule has 7 heteroatoms. The van der Waals surface area contributed by atoms with E-state index in [1.54, 1.807) is 29.3 Å². The van der Waals surface area contributed by atoms with Gasteiger partial charge in [0, 0.05) is 37.6 Å². The largest absolute Gasteiger partial charge is 0.348 e. The summed E-state index contributed by atoms with van der Waals surface area (Å²) in [4.78, 5) is 42.5. The Labute approximate surface area is 155 Å². The summed E-state index contributed by atoms with van der Waals surface area (Å²) in [5.74, 6) is -0.329. The van der Waals surface area contributed by atoms with Gasteiger partial charge in [0.25, 0.3) is 11.5 Å². The van der Waals surface area contributed by atoms with Crippen molar-refractivity contribution >= 4 is 23.1 Å². The van der Waals surface area contributed by atoms with Crippen molar-refractivity contribution < 1.29 is 9.59 Å². The van der Waals surface area contributed by atoms with Crippen molar-refractivity contribution in [3.8, 4) is 0 Å². The summed E-state index contributed by atoms with van der Waals surface area (Å²) < 4.78 is 1.34. The minimum atomic E-state index is -0.468. The van der Waals surface area contributed by atoms with Gasteiger partial charge in [0.2, 0.25) is 5.91 Å². The lowest BCUT2D eigenvalue weighted by Gasteiger charge is -2.16. The summed E-state index contributed by atoms with van der Waals surface area (Å²) in [6, 6.07) is 12.7. The number of pyridine rings is 1. The van der Waals surface area contributed by atoms with Crippen molar-refractivity contribution in [2.75, 3.05) is 11.4 Å². The molecule has 1 aliphatic rings. The Morgan fingerprint density at radius 1 is 1.11 bits per heavy atom. The second-order valence-corrected chi connectivity index (χ2v) is 6.40. The molecule has 0 spiro atoms. The zero-order valence-corrected chi connectivity index (χ0v) is 14.6. The van der Waals surface area contributed by atoms with Crippen LogP contribution in [0.1, 0.15) is 28.8 Å². The number of hydrogen-bond donors (Lipinski definition) is 1. The molecule has 1 N–H and O–H groups in total. The molecule has 0 atom stereocenters. The first-order valence-corrected chi connectivity index (χ1v) is 8.77. The van der Waals surface area contributed by atoms with Gasteiger partial charge in [-0.05, 0) is 36.2 Å². The molecule has 1 aromatic carbocycles. The first kappa shape index (κ1) is 17.0. The number of amides is 2. The van der Waals surface area contributed by atoms with E-state index in [-0.39, 0.29) is 18.0 Å². The Morgan fingerprint density at radius 3 is 2.67 bits per heavy atom. The summed E-state index contributed by atoms with van der Waals surface area (Å²) in [6.07, 6.45) is 4.36. The highest BCUT2D eigenvalue weighted by atomic mass is 16.2. The molecular weight excluding hydrogens is 344 g/mol. The van der Waals surface area contributed by atoms with Gasteiger partial charge < -0.3 is 10.2 Å². The molecule has 0 radical (unpaired) electrons. The molecular formula is C20H18N4O3. The van der Waals surface area contributed by atoms with E-state index >= 15 is 0 Å². The average Bonchev–Trinajstić information content (AvgIpc) is 3.13. The highest BCUT2D eigenvalue weighted by molar-refractivity contribution is 5.95.